The van der Waals surface area contributed by atoms with E-state index in [0.29, 0.717) is 71.0 Å². The van der Waals surface area contributed by atoms with Gasteiger partial charge in [0.1, 0.15) is 11.7 Å². The van der Waals surface area contributed by atoms with E-state index in [0.717, 1.165) is 45.8 Å². The smallest absolute Gasteiger partial charge is 0.321 e. The van der Waals surface area contributed by atoms with Gasteiger partial charge in [0.25, 0.3) is 0 Å². The zero-order valence-corrected chi connectivity index (χ0v) is 29.8. The lowest BCUT2D eigenvalue weighted by atomic mass is 9.84. The van der Waals surface area contributed by atoms with E-state index >= 15 is 0 Å². The van der Waals surface area contributed by atoms with Gasteiger partial charge >= 0.3 is 5.97 Å². The van der Waals surface area contributed by atoms with Crippen LogP contribution in [-0.2, 0) is 19.1 Å². The summed E-state index contributed by atoms with van der Waals surface area (Å²) in [4.78, 5) is 54.4. The molecule has 5 heterocycles. The Morgan fingerprint density at radius 1 is 0.980 bits per heavy atom. The highest BCUT2D eigenvalue weighted by Crippen LogP contribution is 2.49. The maximum Gasteiger partial charge on any atom is 0.321 e. The van der Waals surface area contributed by atoms with Crippen LogP contribution < -0.4 is 10.6 Å². The maximum atomic E-state index is 13.4. The highest BCUT2D eigenvalue weighted by molar-refractivity contribution is 6.24. The first-order valence-corrected chi connectivity index (χ1v) is 17.4. The number of allylic oxidation sites excluding steroid dienone is 11. The fourth-order valence-electron chi connectivity index (χ4n) is 7.78. The number of Topliss-reactive ketones (excluding diaryl/α,β-unsaturated/α-hetero) is 1. The van der Waals surface area contributed by atoms with Crippen LogP contribution in [0.4, 0.5) is 0 Å². The lowest BCUT2D eigenvalue weighted by molar-refractivity contribution is -0.143. The van der Waals surface area contributed by atoms with E-state index in [1.54, 1.807) is 6.92 Å². The second-order valence-electron chi connectivity index (χ2n) is 13.5. The van der Waals surface area contributed by atoms with E-state index in [2.05, 4.69) is 24.5 Å². The van der Waals surface area contributed by atoms with Crippen LogP contribution >= 0.6 is 0 Å². The number of aliphatic hydroxyl groups is 2. The number of aliphatic hydroxyl groups excluding tert-OH is 2. The number of carbonyl (C=O) groups is 3. The molecular weight excluding hydrogens is 634 g/mol. The van der Waals surface area contributed by atoms with Crippen molar-refractivity contribution >= 4 is 34.8 Å². The minimum Gasteiger partial charge on any atom is -0.510 e. The number of unbranched alkanes of at least 4 members (excludes halogenated alkanes) is 1. The monoisotopic (exact) mass is 679 g/mol. The number of ether oxygens (including phenoxy) is 1. The molecule has 3 unspecified atom stereocenters. The molecule has 1 fully saturated rings. The highest BCUT2D eigenvalue weighted by atomic mass is 16.5. The van der Waals surface area contributed by atoms with Crippen molar-refractivity contribution in [1.29, 1.82) is 0 Å². The van der Waals surface area contributed by atoms with Crippen LogP contribution in [0.1, 0.15) is 73.6 Å². The summed E-state index contributed by atoms with van der Waals surface area (Å²) in [6.45, 7) is 12.0. The van der Waals surface area contributed by atoms with Crippen molar-refractivity contribution in [3.05, 3.63) is 91.5 Å². The molecule has 1 saturated heterocycles. The van der Waals surface area contributed by atoms with Crippen molar-refractivity contribution < 1.29 is 29.3 Å². The molecule has 0 aromatic rings. The Balaban J connectivity index is 1.57. The van der Waals surface area contributed by atoms with Crippen molar-refractivity contribution in [3.8, 4) is 0 Å². The lowest BCUT2D eigenvalue weighted by Crippen LogP contribution is -2.27. The maximum absolute atomic E-state index is 13.4. The highest BCUT2D eigenvalue weighted by Gasteiger charge is 2.49. The van der Waals surface area contributed by atoms with Crippen molar-refractivity contribution in [2.75, 3.05) is 20.3 Å². The molecule has 11 heteroatoms. The van der Waals surface area contributed by atoms with Crippen molar-refractivity contribution in [3.63, 3.8) is 0 Å². The van der Waals surface area contributed by atoms with Gasteiger partial charge in [-0.05, 0) is 93.9 Å². The number of hydrogen-bond acceptors (Lipinski definition) is 10. The third-order valence-electron chi connectivity index (χ3n) is 10.6. The number of hydrogen-bond donors (Lipinski definition) is 4. The summed E-state index contributed by atoms with van der Waals surface area (Å²) in [5, 5.41) is 27.4. The molecular formula is C39H45N5O6. The van der Waals surface area contributed by atoms with Gasteiger partial charge in [0, 0.05) is 59.5 Å². The van der Waals surface area contributed by atoms with Gasteiger partial charge in [-0.2, -0.15) is 0 Å². The average Bonchev–Trinajstić information content (AvgIpc) is 3.82. The average molecular weight is 680 g/mol. The van der Waals surface area contributed by atoms with Crippen molar-refractivity contribution in [1.82, 2.24) is 10.6 Å². The molecule has 0 spiro atoms. The van der Waals surface area contributed by atoms with Gasteiger partial charge in [-0.1, -0.05) is 13.8 Å². The molecule has 11 nitrogen and oxygen atoms in total. The predicted molar refractivity (Wildman–Crippen MR) is 192 cm³/mol. The van der Waals surface area contributed by atoms with E-state index in [9.17, 15) is 19.5 Å². The molecule has 5 aliphatic heterocycles. The topological polar surface area (TPSA) is 162 Å². The number of ketones is 1. The number of methoxy groups -OCH3 is 1. The molecule has 4 N–H and O–H groups in total. The number of aliphatic imine (C=N–C) groups is 3. The molecule has 1 aliphatic carbocycles. The van der Waals surface area contributed by atoms with Gasteiger partial charge in [-0.3, -0.25) is 14.4 Å². The van der Waals surface area contributed by atoms with Gasteiger partial charge in [0.2, 0.25) is 5.91 Å². The third-order valence-corrected chi connectivity index (χ3v) is 10.6. The van der Waals surface area contributed by atoms with Crippen molar-refractivity contribution in [2.24, 2.45) is 32.7 Å². The second-order valence-corrected chi connectivity index (χ2v) is 13.5. The summed E-state index contributed by atoms with van der Waals surface area (Å²) in [7, 11) is 1.30. The SMILES string of the molecule is CCC1=C(C)C2=NC1=CC1=C(C)C3=C(O)C(C(=O)OC)C(=C4NC(=CC5=NC(=C2)C(C(C)=O)=C5C)C(C)C4CCC(=O)NCCCCO)C3=N1. The Labute approximate surface area is 292 Å². The molecule has 6 rings (SSSR count). The normalized spacial score (nSPS) is 24.0. The van der Waals surface area contributed by atoms with E-state index in [1.165, 1.54) is 7.11 Å². The summed E-state index contributed by atoms with van der Waals surface area (Å²) >= 11 is 0. The molecule has 0 aromatic carbocycles. The van der Waals surface area contributed by atoms with Crippen LogP contribution in [0.2, 0.25) is 0 Å². The molecule has 8 bridgehead atoms. The van der Waals surface area contributed by atoms with Crippen LogP contribution in [0.5, 0.6) is 0 Å². The van der Waals surface area contributed by atoms with Gasteiger partial charge in [0.15, 0.2) is 5.78 Å². The summed E-state index contributed by atoms with van der Waals surface area (Å²) in [5.74, 6) is -2.44. The molecule has 6 aliphatic rings. The number of esters is 1. The summed E-state index contributed by atoms with van der Waals surface area (Å²) in [6, 6.07) is 0. The molecule has 262 valence electrons. The molecule has 3 atom stereocenters. The molecule has 0 radical (unpaired) electrons. The first kappa shape index (κ1) is 34.9. The van der Waals surface area contributed by atoms with E-state index in [4.69, 9.17) is 24.8 Å². The number of rotatable bonds is 10. The largest absolute Gasteiger partial charge is 0.510 e. The van der Waals surface area contributed by atoms with Crippen LogP contribution in [-0.4, -0.2) is 65.3 Å². The fourth-order valence-corrected chi connectivity index (χ4v) is 7.78. The molecule has 0 saturated carbocycles. The second kappa shape index (κ2) is 13.8. The minimum absolute atomic E-state index is 0.0733. The van der Waals surface area contributed by atoms with Gasteiger partial charge in [-0.25, -0.2) is 15.0 Å². The number of amides is 1. The van der Waals surface area contributed by atoms with E-state index < -0.39 is 11.9 Å². The van der Waals surface area contributed by atoms with Crippen LogP contribution in [0, 0.1) is 17.8 Å². The van der Waals surface area contributed by atoms with Crippen LogP contribution in [0.25, 0.3) is 0 Å². The summed E-state index contributed by atoms with van der Waals surface area (Å²) in [5.41, 5.74) is 10.3. The van der Waals surface area contributed by atoms with E-state index in [1.807, 2.05) is 39.0 Å². The summed E-state index contributed by atoms with van der Waals surface area (Å²) < 4.78 is 5.23. The Morgan fingerprint density at radius 2 is 1.70 bits per heavy atom. The lowest BCUT2D eigenvalue weighted by Gasteiger charge is -2.20. The van der Waals surface area contributed by atoms with Gasteiger partial charge in [0.05, 0.1) is 41.3 Å². The standard InChI is InChI=1S/C39H45N5O6/c1-8-23-18(2)25-17-30-32(22(6)46)20(4)27(42-30)15-26-19(3)24(11-12-31(47)40-13-9-10-14-45)36(43-26)34-35(39(49)50-7)38(48)33-21(5)28(44-37(33)34)16-29(23)41-25/h15-17,19,24,35,43,45,48H,8-14H2,1-7H3,(H,40,47). The number of nitrogens with one attached hydrogen (secondary N) is 2. The number of carbonyl (C=O) groups excluding carboxylic acids is 3. The first-order chi connectivity index (χ1) is 23.9. The predicted octanol–water partition coefficient (Wildman–Crippen LogP) is 5.31. The zero-order chi connectivity index (χ0) is 36.0. The molecule has 50 heavy (non-hydrogen) atoms. The molecule has 1 amide bonds. The fraction of sp³-hybridized carbons (Fsp3) is 0.436. The van der Waals surface area contributed by atoms with Gasteiger partial charge < -0.3 is 25.6 Å². The Hall–Kier alpha value is -4.90. The Morgan fingerprint density at radius 3 is 2.38 bits per heavy atom. The van der Waals surface area contributed by atoms with E-state index in [-0.39, 0.29) is 42.3 Å². The third kappa shape index (κ3) is 5.87. The number of nitrogens with zero attached hydrogens (tertiary/aromatic N) is 3. The Kier molecular flexibility index (Phi) is 9.63. The van der Waals surface area contributed by atoms with Crippen molar-refractivity contribution in [2.45, 2.75) is 73.6 Å². The van der Waals surface area contributed by atoms with Crippen LogP contribution in [0.3, 0.4) is 0 Å². The van der Waals surface area contributed by atoms with Crippen LogP contribution in [0.15, 0.2) is 106 Å². The Bertz CT molecular complexity index is 1960. The summed E-state index contributed by atoms with van der Waals surface area (Å²) in [6.07, 6.45) is 8.42. The first-order valence-electron chi connectivity index (χ1n) is 17.4. The zero-order valence-electron chi connectivity index (χ0n) is 29.8. The molecule has 0 aromatic heterocycles. The van der Waals surface area contributed by atoms with Gasteiger partial charge in [-0.15, -0.1) is 0 Å². The minimum atomic E-state index is -1.10. The quantitative estimate of drug-likeness (QED) is 0.180. The number of fused-ring (bicyclic) bond motifs is 5.